The van der Waals surface area contributed by atoms with Gasteiger partial charge in [-0.2, -0.15) is 4.31 Å². The highest BCUT2D eigenvalue weighted by atomic mass is 32.2. The Morgan fingerprint density at radius 3 is 2.78 bits per heavy atom. The summed E-state index contributed by atoms with van der Waals surface area (Å²) < 4.78 is 41.8. The Morgan fingerprint density at radius 1 is 1.30 bits per heavy atom. The third kappa shape index (κ3) is 4.92. The maximum Gasteiger partial charge on any atom is 0.243 e. The van der Waals surface area contributed by atoms with E-state index in [-0.39, 0.29) is 23.3 Å². The third-order valence-corrected chi connectivity index (χ3v) is 6.54. The summed E-state index contributed by atoms with van der Waals surface area (Å²) in [6, 6.07) is 4.76. The molecule has 0 radical (unpaired) electrons. The minimum atomic E-state index is -3.72. The first-order valence-electron chi connectivity index (χ1n) is 8.96. The number of hydrogen-bond acceptors (Lipinski definition) is 4. The lowest BCUT2D eigenvalue weighted by atomic mass is 9.99. The van der Waals surface area contributed by atoms with E-state index in [2.05, 4.69) is 10.3 Å². The van der Waals surface area contributed by atoms with Gasteiger partial charge in [-0.05, 0) is 43.5 Å². The van der Waals surface area contributed by atoms with E-state index in [0.29, 0.717) is 25.9 Å². The van der Waals surface area contributed by atoms with Crippen molar-refractivity contribution in [2.45, 2.75) is 30.7 Å². The first-order valence-corrected chi connectivity index (χ1v) is 10.4. The molecule has 1 N–H and O–H groups in total. The molecule has 146 valence electrons. The Bertz CT molecular complexity index is 853. The first kappa shape index (κ1) is 19.5. The molecule has 3 rings (SSSR count). The molecule has 0 aliphatic carbocycles. The fourth-order valence-corrected chi connectivity index (χ4v) is 4.69. The van der Waals surface area contributed by atoms with Crippen LogP contribution in [0, 0.1) is 11.7 Å². The number of hydrogen-bond donors (Lipinski definition) is 1. The zero-order valence-electron chi connectivity index (χ0n) is 14.9. The van der Waals surface area contributed by atoms with Gasteiger partial charge < -0.3 is 9.88 Å². The van der Waals surface area contributed by atoms with Crippen molar-refractivity contribution < 1.29 is 17.6 Å². The molecule has 0 spiro atoms. The van der Waals surface area contributed by atoms with Gasteiger partial charge in [0, 0.05) is 38.6 Å². The lowest BCUT2D eigenvalue weighted by Crippen LogP contribution is -2.45. The van der Waals surface area contributed by atoms with Crippen molar-refractivity contribution in [3.63, 3.8) is 0 Å². The van der Waals surface area contributed by atoms with Gasteiger partial charge in [0.15, 0.2) is 0 Å². The van der Waals surface area contributed by atoms with Gasteiger partial charge in [0.2, 0.25) is 15.9 Å². The Morgan fingerprint density at radius 2 is 2.07 bits per heavy atom. The summed E-state index contributed by atoms with van der Waals surface area (Å²) in [7, 11) is -3.72. The van der Waals surface area contributed by atoms with Gasteiger partial charge in [0.05, 0.1) is 17.1 Å². The third-order valence-electron chi connectivity index (χ3n) is 4.66. The maximum atomic E-state index is 13.1. The maximum absolute atomic E-state index is 13.1. The molecule has 1 fully saturated rings. The van der Waals surface area contributed by atoms with Crippen molar-refractivity contribution in [2.24, 2.45) is 5.92 Å². The molecule has 1 aromatic heterocycles. The number of aromatic nitrogens is 2. The molecule has 1 saturated heterocycles. The number of nitrogens with zero attached hydrogens (tertiary/aromatic N) is 3. The van der Waals surface area contributed by atoms with Crippen molar-refractivity contribution in [1.29, 1.82) is 0 Å². The highest BCUT2D eigenvalue weighted by Crippen LogP contribution is 2.24. The molecule has 2 heterocycles. The van der Waals surface area contributed by atoms with E-state index in [4.69, 9.17) is 0 Å². The molecular weight excluding hydrogens is 371 g/mol. The first-order chi connectivity index (χ1) is 13.0. The summed E-state index contributed by atoms with van der Waals surface area (Å²) in [5.74, 6) is -0.984. The number of carbonyl (C=O) groups excluding carboxylic acids is 1. The van der Waals surface area contributed by atoms with Crippen molar-refractivity contribution in [1.82, 2.24) is 19.2 Å². The predicted octanol–water partition coefficient (Wildman–Crippen LogP) is 1.63. The van der Waals surface area contributed by atoms with Crippen LogP contribution in [-0.2, 0) is 21.4 Å². The Hall–Kier alpha value is -2.26. The number of nitrogens with one attached hydrogen (secondary N) is 1. The Balaban J connectivity index is 1.53. The van der Waals surface area contributed by atoms with Crippen LogP contribution in [0.1, 0.15) is 19.3 Å². The van der Waals surface area contributed by atoms with Crippen molar-refractivity contribution >= 4 is 15.9 Å². The summed E-state index contributed by atoms with van der Waals surface area (Å²) >= 11 is 0. The van der Waals surface area contributed by atoms with Crippen molar-refractivity contribution in [3.05, 3.63) is 48.8 Å². The number of halogens is 1. The van der Waals surface area contributed by atoms with Crippen LogP contribution in [-0.4, -0.2) is 47.8 Å². The van der Waals surface area contributed by atoms with Gasteiger partial charge in [-0.1, -0.05) is 0 Å². The van der Waals surface area contributed by atoms with Gasteiger partial charge in [-0.25, -0.2) is 17.8 Å². The molecule has 0 saturated carbocycles. The van der Waals surface area contributed by atoms with Crippen LogP contribution in [0.4, 0.5) is 4.39 Å². The summed E-state index contributed by atoms with van der Waals surface area (Å²) in [6.45, 7) is 1.80. The topological polar surface area (TPSA) is 84.3 Å². The van der Waals surface area contributed by atoms with Gasteiger partial charge >= 0.3 is 0 Å². The van der Waals surface area contributed by atoms with E-state index >= 15 is 0 Å². The van der Waals surface area contributed by atoms with Crippen LogP contribution in [0.2, 0.25) is 0 Å². The second-order valence-corrected chi connectivity index (χ2v) is 8.54. The standard InChI is InChI=1S/C18H23FN4O3S/c19-16-4-6-17(7-5-16)27(25,26)23-11-1-3-15(13-23)18(24)21-8-2-10-22-12-9-20-14-22/h4-7,9,12,14-15H,1-3,8,10-11,13H2,(H,21,24)/t15-/m1/s1. The number of amides is 1. The molecule has 1 atom stereocenters. The summed E-state index contributed by atoms with van der Waals surface area (Å²) in [6.07, 6.45) is 7.34. The number of imidazole rings is 1. The van der Waals surface area contributed by atoms with Gasteiger partial charge in [0.1, 0.15) is 5.82 Å². The molecule has 1 aliphatic heterocycles. The molecule has 9 heteroatoms. The predicted molar refractivity (Wildman–Crippen MR) is 97.7 cm³/mol. The molecule has 7 nitrogen and oxygen atoms in total. The van der Waals surface area contributed by atoms with Crippen LogP contribution in [0.3, 0.4) is 0 Å². The summed E-state index contributed by atoms with van der Waals surface area (Å²) in [5, 5.41) is 2.89. The van der Waals surface area contributed by atoms with Crippen LogP contribution in [0.25, 0.3) is 0 Å². The fourth-order valence-electron chi connectivity index (χ4n) is 3.17. The quantitative estimate of drug-likeness (QED) is 0.724. The summed E-state index contributed by atoms with van der Waals surface area (Å²) in [4.78, 5) is 16.4. The molecular formula is C18H23FN4O3S. The van der Waals surface area contributed by atoms with E-state index in [9.17, 15) is 17.6 Å². The molecule has 1 aromatic carbocycles. The summed E-state index contributed by atoms with van der Waals surface area (Å²) in [5.41, 5.74) is 0. The number of carbonyl (C=O) groups is 1. The average Bonchev–Trinajstić information content (AvgIpc) is 3.19. The Kier molecular flexibility index (Phi) is 6.22. The molecule has 2 aromatic rings. The average molecular weight is 394 g/mol. The number of piperidine rings is 1. The molecule has 0 bridgehead atoms. The number of aryl methyl sites for hydroxylation is 1. The molecule has 0 unspecified atom stereocenters. The molecule has 1 amide bonds. The van der Waals surface area contributed by atoms with Gasteiger partial charge in [-0.3, -0.25) is 4.79 Å². The molecule has 27 heavy (non-hydrogen) atoms. The van der Waals surface area contributed by atoms with Crippen LogP contribution >= 0.6 is 0 Å². The van der Waals surface area contributed by atoms with E-state index < -0.39 is 15.8 Å². The lowest BCUT2D eigenvalue weighted by Gasteiger charge is -2.31. The lowest BCUT2D eigenvalue weighted by molar-refractivity contribution is -0.126. The van der Waals surface area contributed by atoms with E-state index in [0.717, 1.165) is 25.1 Å². The minimum Gasteiger partial charge on any atom is -0.356 e. The minimum absolute atomic E-state index is 0.0466. The number of rotatable bonds is 7. The smallest absolute Gasteiger partial charge is 0.243 e. The van der Waals surface area contributed by atoms with Crippen LogP contribution in [0.5, 0.6) is 0 Å². The van der Waals surface area contributed by atoms with Crippen LogP contribution in [0.15, 0.2) is 47.9 Å². The number of benzene rings is 1. The zero-order valence-corrected chi connectivity index (χ0v) is 15.7. The van der Waals surface area contributed by atoms with Crippen molar-refractivity contribution in [3.8, 4) is 0 Å². The highest BCUT2D eigenvalue weighted by Gasteiger charge is 2.33. The normalized spacial score (nSPS) is 18.3. The van der Waals surface area contributed by atoms with E-state index in [1.54, 1.807) is 12.5 Å². The van der Waals surface area contributed by atoms with E-state index in [1.807, 2.05) is 10.8 Å². The van der Waals surface area contributed by atoms with Gasteiger partial charge in [-0.15, -0.1) is 0 Å². The largest absolute Gasteiger partial charge is 0.356 e. The highest BCUT2D eigenvalue weighted by molar-refractivity contribution is 7.89. The molecule has 1 aliphatic rings. The van der Waals surface area contributed by atoms with Gasteiger partial charge in [0.25, 0.3) is 0 Å². The fraction of sp³-hybridized carbons (Fsp3) is 0.444. The van der Waals surface area contributed by atoms with Crippen molar-refractivity contribution in [2.75, 3.05) is 19.6 Å². The Labute approximate surface area is 158 Å². The second kappa shape index (κ2) is 8.62. The van der Waals surface area contributed by atoms with Crippen LogP contribution < -0.4 is 5.32 Å². The second-order valence-electron chi connectivity index (χ2n) is 6.60. The van der Waals surface area contributed by atoms with E-state index in [1.165, 1.54) is 16.4 Å². The zero-order chi connectivity index (χ0) is 19.3. The number of sulfonamides is 1. The SMILES string of the molecule is O=C(NCCCn1ccnc1)[C@@H]1CCCN(S(=O)(=O)c2ccc(F)cc2)C1. The monoisotopic (exact) mass is 394 g/mol.